The van der Waals surface area contributed by atoms with Gasteiger partial charge in [0.15, 0.2) is 0 Å². The van der Waals surface area contributed by atoms with Crippen LogP contribution in [0, 0.1) is 0 Å². The summed E-state index contributed by atoms with van der Waals surface area (Å²) >= 11 is 0. The first-order chi connectivity index (χ1) is 68.3. The average molecular weight is 1780 g/mol. The molecule has 6 heterocycles. The standard InChI is InChI=1S/C126H96N12/c1-10-28-91(29-11-1)109-110(92-30-12-2-13-31-92)131-124(130-109)106-73-82-49-46-79-52-58-85(64-67-88(106)61-55-82)103(70-79)118-115(97-40-22-7-23-41-97)127-121(136-118)100-76-101(122-128-116(98-42-24-8-25-43-98)119(137-122)104-71-80-47-50-83-56-62-89(68-65-86(104)59-53-80)107(74-83)125-132-111(93-32-14-3-15-33-93)112(133-125)94-34-16-4-17-35-94)78-102(77-100)123-129-117(99-44-26-9-27-45-99)120(138-123)105-72-81-48-51-84-57-63-90(69-66-87(105)60-54-81)108(75-84)126-134-113(95-36-18-5-19-37-95)114(135-126)96-38-20-6-21-39-96/h1-45,52-63,70-78H,46-51,64-69H2,(H,127,136)(H,128,137)(H,129,138)(H,130,131)(H,132,133)(H,134,135). The van der Waals surface area contributed by atoms with Crippen LogP contribution in [0.4, 0.5) is 0 Å². The molecule has 22 aromatic rings. The first-order valence-electron chi connectivity index (χ1n) is 48.3. The van der Waals surface area contributed by atoms with E-state index in [2.05, 4.69) is 430 Å². The Kier molecular flexibility index (Phi) is 21.5. The van der Waals surface area contributed by atoms with Gasteiger partial charge in [0.2, 0.25) is 0 Å². The van der Waals surface area contributed by atoms with E-state index < -0.39 is 0 Å². The summed E-state index contributed by atoms with van der Waals surface area (Å²) in [6.45, 7) is 0. The van der Waals surface area contributed by atoms with Crippen LogP contribution >= 0.6 is 0 Å². The van der Waals surface area contributed by atoms with Crippen LogP contribution < -0.4 is 0 Å². The number of benzene rings is 16. The zero-order valence-electron chi connectivity index (χ0n) is 76.3. The van der Waals surface area contributed by atoms with Crippen molar-refractivity contribution < 1.29 is 0 Å². The molecule has 0 saturated carbocycles. The average Bonchev–Trinajstić information content (AvgIpc) is 1.36. The number of H-pyrrole nitrogens is 6. The summed E-state index contributed by atoms with van der Waals surface area (Å²) in [5, 5.41) is 0. The summed E-state index contributed by atoms with van der Waals surface area (Å²) in [7, 11) is 0. The van der Waals surface area contributed by atoms with Crippen LogP contribution in [-0.4, -0.2) is 59.8 Å². The van der Waals surface area contributed by atoms with Gasteiger partial charge in [-0.05, 0) is 198 Å². The lowest BCUT2D eigenvalue weighted by Gasteiger charge is -2.16. The molecule has 12 bridgehead atoms. The fourth-order valence-electron chi connectivity index (χ4n) is 20.9. The maximum atomic E-state index is 6.02. The first-order valence-corrected chi connectivity index (χ1v) is 48.3. The molecule has 12 aliphatic rings. The topological polar surface area (TPSA) is 172 Å². The van der Waals surface area contributed by atoms with Crippen molar-refractivity contribution in [3.63, 3.8) is 0 Å². The molecule has 0 aliphatic heterocycles. The highest BCUT2D eigenvalue weighted by molar-refractivity contribution is 5.92. The lowest BCUT2D eigenvalue weighted by Crippen LogP contribution is -2.03. The molecule has 138 heavy (non-hydrogen) atoms. The molecule has 0 spiro atoms. The van der Waals surface area contributed by atoms with Gasteiger partial charge in [-0.2, -0.15) is 0 Å². The van der Waals surface area contributed by atoms with Gasteiger partial charge in [0.05, 0.1) is 68.3 Å². The van der Waals surface area contributed by atoms with E-state index in [1.807, 2.05) is 0 Å². The van der Waals surface area contributed by atoms with E-state index in [0.717, 1.165) is 263 Å². The van der Waals surface area contributed by atoms with E-state index in [1.54, 1.807) is 0 Å². The molecule has 0 fully saturated rings. The Labute approximate surface area is 802 Å². The molecule has 0 atom stereocenters. The summed E-state index contributed by atoms with van der Waals surface area (Å²) < 4.78 is 0. The minimum atomic E-state index is 0.712. The Morgan fingerprint density at radius 3 is 0.507 bits per heavy atom. The summed E-state index contributed by atoms with van der Waals surface area (Å²) in [5.74, 6) is 4.74. The lowest BCUT2D eigenvalue weighted by molar-refractivity contribution is 0.922. The lowest BCUT2D eigenvalue weighted by atomic mass is 9.89. The molecular weight excluding hydrogens is 1680 g/mol. The van der Waals surface area contributed by atoms with Crippen LogP contribution in [-0.2, 0) is 77.0 Å². The van der Waals surface area contributed by atoms with Gasteiger partial charge >= 0.3 is 0 Å². The number of hydrogen-bond donors (Lipinski definition) is 6. The molecular formula is C126H96N12. The van der Waals surface area contributed by atoms with Gasteiger partial charge in [0.25, 0.3) is 0 Å². The Morgan fingerprint density at radius 1 is 0.130 bits per heavy atom. The van der Waals surface area contributed by atoms with E-state index in [1.165, 1.54) is 66.8 Å². The molecule has 0 amide bonds. The van der Waals surface area contributed by atoms with Crippen LogP contribution in [0.5, 0.6) is 0 Å². The molecule has 0 saturated heterocycles. The summed E-state index contributed by atoms with van der Waals surface area (Å²) in [6, 6.07) is 145. The van der Waals surface area contributed by atoms with Crippen molar-refractivity contribution in [3.8, 4) is 203 Å². The SMILES string of the molecule is c1ccc(-c2nc(-c3cc4ccc3CCc3ccc(cc3-c3nc(-c5cc(-c6nc(-c7cc8ccc7CCc7ccc(cc7-c7nc(-c9ccccc9)c(-c9ccccc9)[nH]7)CC8)c(-c7ccccc7)[nH]6)cc(-c6nc(-c7cc8ccc7CCc7ccc(cc7-c7nc(-c9ccccc9)c(-c9ccccc9)[nH]7)CC8)c(-c7ccccc7)[nH]6)c5)[nH]c3-c3ccccc3)CC4)[nH]c2-c2ccccc2)cc1. The van der Waals surface area contributed by atoms with E-state index in [-0.39, 0.29) is 0 Å². The number of aromatic amines is 6. The number of rotatable bonds is 18. The number of hydrogen-bond acceptors (Lipinski definition) is 6. The van der Waals surface area contributed by atoms with Gasteiger partial charge in [-0.25, -0.2) is 29.9 Å². The van der Waals surface area contributed by atoms with Crippen LogP contribution in [0.3, 0.4) is 0 Å². The highest BCUT2D eigenvalue weighted by atomic mass is 15.0. The monoisotopic (exact) mass is 1780 g/mol. The molecule has 6 aromatic heterocycles. The molecule has 0 unspecified atom stereocenters. The number of nitrogens with one attached hydrogen (secondary N) is 6. The molecule has 16 aromatic carbocycles. The smallest absolute Gasteiger partial charge is 0.138 e. The van der Waals surface area contributed by atoms with E-state index in [4.69, 9.17) is 29.9 Å². The Balaban J connectivity index is 0.637. The fourth-order valence-corrected chi connectivity index (χ4v) is 20.9. The second kappa shape index (κ2) is 36.0. The molecule has 660 valence electrons. The van der Waals surface area contributed by atoms with Gasteiger partial charge in [0, 0.05) is 100 Å². The Hall–Kier alpha value is -17.2. The minimum Gasteiger partial charge on any atom is -0.337 e. The summed E-state index contributed by atoms with van der Waals surface area (Å²) in [6.07, 6.45) is 9.49. The van der Waals surface area contributed by atoms with Gasteiger partial charge in [-0.3, -0.25) is 0 Å². The quantitative estimate of drug-likeness (QED) is 0.0499. The summed E-state index contributed by atoms with van der Waals surface area (Å²) in [4.78, 5) is 58.6. The second-order valence-electron chi connectivity index (χ2n) is 36.9. The maximum Gasteiger partial charge on any atom is 0.138 e. The van der Waals surface area contributed by atoms with Crippen LogP contribution in [0.25, 0.3) is 203 Å². The number of aromatic nitrogens is 12. The number of aryl methyl sites for hydroxylation is 12. The molecule has 0 radical (unpaired) electrons. The van der Waals surface area contributed by atoms with Crippen molar-refractivity contribution in [1.82, 2.24) is 59.8 Å². The van der Waals surface area contributed by atoms with E-state index >= 15 is 0 Å². The molecule has 12 aliphatic carbocycles. The summed E-state index contributed by atoms with van der Waals surface area (Å²) in [5.41, 5.74) is 44.9. The van der Waals surface area contributed by atoms with Gasteiger partial charge in [0.1, 0.15) is 34.9 Å². The van der Waals surface area contributed by atoms with Crippen molar-refractivity contribution >= 4 is 0 Å². The highest BCUT2D eigenvalue weighted by Crippen LogP contribution is 2.47. The Morgan fingerprint density at radius 2 is 0.297 bits per heavy atom. The van der Waals surface area contributed by atoms with Crippen molar-refractivity contribution in [1.29, 1.82) is 0 Å². The van der Waals surface area contributed by atoms with Crippen molar-refractivity contribution in [2.75, 3.05) is 0 Å². The molecule has 6 N–H and O–H groups in total. The number of nitrogens with zero attached hydrogens (tertiary/aromatic N) is 6. The first kappa shape index (κ1) is 82.7. The van der Waals surface area contributed by atoms with Crippen LogP contribution in [0.1, 0.15) is 66.8 Å². The predicted octanol–water partition coefficient (Wildman–Crippen LogP) is 29.7. The van der Waals surface area contributed by atoms with Crippen molar-refractivity contribution in [2.45, 2.75) is 77.0 Å². The third-order valence-corrected chi connectivity index (χ3v) is 28.2. The van der Waals surface area contributed by atoms with E-state index in [9.17, 15) is 0 Å². The molecule has 12 heteroatoms. The minimum absolute atomic E-state index is 0.712. The van der Waals surface area contributed by atoms with Gasteiger partial charge < -0.3 is 29.9 Å². The zero-order chi connectivity index (χ0) is 91.4. The largest absolute Gasteiger partial charge is 0.337 e. The second-order valence-corrected chi connectivity index (χ2v) is 36.9. The maximum absolute atomic E-state index is 6.02. The molecule has 34 rings (SSSR count). The normalized spacial score (nSPS) is 12.9. The van der Waals surface area contributed by atoms with Gasteiger partial charge in [-0.1, -0.05) is 346 Å². The number of imidazole rings is 6. The van der Waals surface area contributed by atoms with Crippen molar-refractivity contribution in [3.05, 3.63) is 467 Å². The third kappa shape index (κ3) is 16.2. The predicted molar refractivity (Wildman–Crippen MR) is 561 cm³/mol. The third-order valence-electron chi connectivity index (χ3n) is 28.2. The zero-order valence-corrected chi connectivity index (χ0v) is 76.3. The van der Waals surface area contributed by atoms with Gasteiger partial charge in [-0.15, -0.1) is 0 Å². The van der Waals surface area contributed by atoms with Crippen LogP contribution in [0.2, 0.25) is 0 Å². The Bertz CT molecular complexity index is 7320. The fraction of sp³-hybridized carbons (Fsp3) is 0.0952. The molecule has 12 nitrogen and oxygen atoms in total. The van der Waals surface area contributed by atoms with E-state index in [0.29, 0.717) is 17.5 Å². The highest BCUT2D eigenvalue weighted by Gasteiger charge is 2.30. The van der Waals surface area contributed by atoms with Crippen molar-refractivity contribution in [2.24, 2.45) is 0 Å². The van der Waals surface area contributed by atoms with Crippen LogP contribution in [0.15, 0.2) is 400 Å².